The normalized spacial score (nSPS) is 56.3. The summed E-state index contributed by atoms with van der Waals surface area (Å²) in [5.41, 5.74) is 0.295. The lowest BCUT2D eigenvalue weighted by Crippen LogP contribution is -2.33. The maximum Gasteiger partial charge on any atom is 0.0971 e. The van der Waals surface area contributed by atoms with Crippen molar-refractivity contribution in [3.8, 4) is 0 Å². The molecule has 2 heterocycles. The third-order valence-electron chi connectivity index (χ3n) is 5.96. The van der Waals surface area contributed by atoms with Crippen molar-refractivity contribution in [2.24, 2.45) is 17.8 Å². The lowest BCUT2D eigenvalue weighted by atomic mass is 9.69. The molecule has 0 aromatic carbocycles. The Morgan fingerprint density at radius 3 is 2.53 bits per heavy atom. The highest BCUT2D eigenvalue weighted by Gasteiger charge is 2.61. The van der Waals surface area contributed by atoms with Gasteiger partial charge in [-0.05, 0) is 56.3 Å². The molecule has 2 saturated heterocycles. The van der Waals surface area contributed by atoms with Crippen molar-refractivity contribution in [2.45, 2.75) is 76.3 Å². The van der Waals surface area contributed by atoms with Gasteiger partial charge in [0.25, 0.3) is 0 Å². The van der Waals surface area contributed by atoms with Gasteiger partial charge in [-0.3, -0.25) is 0 Å². The van der Waals surface area contributed by atoms with Crippen LogP contribution in [0.1, 0.15) is 52.4 Å². The third kappa shape index (κ3) is 1.60. The molecule has 0 amide bonds. The first-order valence-corrected chi connectivity index (χ1v) is 7.52. The molecule has 0 radical (unpaired) electrons. The van der Waals surface area contributed by atoms with Crippen LogP contribution >= 0.6 is 0 Å². The van der Waals surface area contributed by atoms with Crippen molar-refractivity contribution >= 4 is 0 Å². The molecule has 2 aliphatic carbocycles. The maximum absolute atomic E-state index is 6.05. The van der Waals surface area contributed by atoms with Gasteiger partial charge in [0.1, 0.15) is 0 Å². The van der Waals surface area contributed by atoms with Crippen LogP contribution in [-0.4, -0.2) is 23.9 Å². The lowest BCUT2D eigenvalue weighted by Gasteiger charge is -2.33. The average Bonchev–Trinajstić information content (AvgIpc) is 3.21. The van der Waals surface area contributed by atoms with Gasteiger partial charge in [0, 0.05) is 0 Å². The van der Waals surface area contributed by atoms with Crippen molar-refractivity contribution in [2.75, 3.05) is 0 Å². The van der Waals surface area contributed by atoms with E-state index in [4.69, 9.17) is 9.47 Å². The summed E-state index contributed by atoms with van der Waals surface area (Å²) in [6.07, 6.45) is 10.0. The largest absolute Gasteiger partial charge is 0.370 e. The first-order valence-electron chi connectivity index (χ1n) is 7.52. The molecular weight excluding hydrogens is 212 g/mol. The molecule has 0 aromatic heterocycles. The lowest BCUT2D eigenvalue weighted by molar-refractivity contribution is 0.182. The van der Waals surface area contributed by atoms with E-state index in [1.54, 1.807) is 0 Å². The minimum Gasteiger partial charge on any atom is -0.370 e. The van der Waals surface area contributed by atoms with E-state index in [9.17, 15) is 0 Å². The number of ether oxygens (including phenoxy) is 2. The molecular formula is C15H24O2. The topological polar surface area (TPSA) is 25.1 Å². The Morgan fingerprint density at radius 1 is 1.00 bits per heavy atom. The first-order chi connectivity index (χ1) is 8.19. The van der Waals surface area contributed by atoms with Crippen LogP contribution in [0, 0.1) is 17.8 Å². The average molecular weight is 236 g/mol. The second-order valence-electron chi connectivity index (χ2n) is 7.04. The van der Waals surface area contributed by atoms with E-state index in [0.717, 1.165) is 11.8 Å². The van der Waals surface area contributed by atoms with E-state index in [0.29, 0.717) is 29.8 Å². The van der Waals surface area contributed by atoms with Gasteiger partial charge in [-0.15, -0.1) is 0 Å². The maximum atomic E-state index is 6.05. The molecule has 6 atom stereocenters. The summed E-state index contributed by atoms with van der Waals surface area (Å²) < 4.78 is 11.7. The van der Waals surface area contributed by atoms with Gasteiger partial charge in [-0.2, -0.15) is 0 Å². The zero-order valence-electron chi connectivity index (χ0n) is 11.0. The van der Waals surface area contributed by atoms with Crippen LogP contribution < -0.4 is 0 Å². The Bertz CT molecular complexity index is 327. The summed E-state index contributed by atoms with van der Waals surface area (Å²) in [7, 11) is 0. The predicted octanol–water partition coefficient (Wildman–Crippen LogP) is 3.15. The number of hydrogen-bond acceptors (Lipinski definition) is 2. The Kier molecular flexibility index (Phi) is 2.21. The first kappa shape index (κ1) is 10.8. The van der Waals surface area contributed by atoms with Crippen LogP contribution in [0.4, 0.5) is 0 Å². The van der Waals surface area contributed by atoms with Crippen molar-refractivity contribution in [1.82, 2.24) is 0 Å². The summed E-state index contributed by atoms with van der Waals surface area (Å²) in [5, 5.41) is 0. The van der Waals surface area contributed by atoms with Crippen LogP contribution in [0.2, 0.25) is 0 Å². The summed E-state index contributed by atoms with van der Waals surface area (Å²) in [6, 6.07) is 0. The van der Waals surface area contributed by atoms with E-state index < -0.39 is 0 Å². The quantitative estimate of drug-likeness (QED) is 0.688. The molecule has 17 heavy (non-hydrogen) atoms. The fourth-order valence-corrected chi connectivity index (χ4v) is 4.59. The highest BCUT2D eigenvalue weighted by atomic mass is 16.6. The minimum absolute atomic E-state index is 0.295. The van der Waals surface area contributed by atoms with Crippen molar-refractivity contribution in [3.63, 3.8) is 0 Å². The van der Waals surface area contributed by atoms with Crippen LogP contribution in [-0.2, 0) is 9.47 Å². The van der Waals surface area contributed by atoms with E-state index in [2.05, 4.69) is 13.8 Å². The second-order valence-corrected chi connectivity index (χ2v) is 7.04. The SMILES string of the molecule is CC(C)C12CCC(C3CCC4OC4C3)CC1O2. The summed E-state index contributed by atoms with van der Waals surface area (Å²) in [5.74, 6) is 2.57. The summed E-state index contributed by atoms with van der Waals surface area (Å²) >= 11 is 0. The molecule has 0 N–H and O–H groups in total. The smallest absolute Gasteiger partial charge is 0.0971 e. The van der Waals surface area contributed by atoms with Crippen LogP contribution in [0.15, 0.2) is 0 Å². The van der Waals surface area contributed by atoms with Gasteiger partial charge in [0.05, 0.1) is 23.9 Å². The molecule has 96 valence electrons. The van der Waals surface area contributed by atoms with E-state index >= 15 is 0 Å². The Balaban J connectivity index is 1.39. The number of rotatable bonds is 2. The van der Waals surface area contributed by atoms with Gasteiger partial charge in [-0.1, -0.05) is 13.8 Å². The molecule has 2 nitrogen and oxygen atoms in total. The highest BCUT2D eigenvalue weighted by molar-refractivity contribution is 5.09. The monoisotopic (exact) mass is 236 g/mol. The molecule has 2 aliphatic heterocycles. The fraction of sp³-hybridized carbons (Fsp3) is 1.00. The van der Waals surface area contributed by atoms with Crippen LogP contribution in [0.5, 0.6) is 0 Å². The van der Waals surface area contributed by atoms with E-state index in [1.807, 2.05) is 0 Å². The molecule has 0 bridgehead atoms. The zero-order chi connectivity index (χ0) is 11.6. The van der Waals surface area contributed by atoms with Gasteiger partial charge in [0.15, 0.2) is 0 Å². The number of fused-ring (bicyclic) bond motifs is 2. The molecule has 4 aliphatic rings. The minimum atomic E-state index is 0.295. The van der Waals surface area contributed by atoms with Gasteiger partial charge >= 0.3 is 0 Å². The number of hydrogen-bond donors (Lipinski definition) is 0. The van der Waals surface area contributed by atoms with Crippen molar-refractivity contribution in [1.29, 1.82) is 0 Å². The number of epoxide rings is 2. The Hall–Kier alpha value is -0.0800. The Morgan fingerprint density at radius 2 is 1.82 bits per heavy atom. The van der Waals surface area contributed by atoms with Crippen molar-refractivity contribution < 1.29 is 9.47 Å². The molecule has 4 rings (SSSR count). The fourth-order valence-electron chi connectivity index (χ4n) is 4.59. The van der Waals surface area contributed by atoms with E-state index in [-0.39, 0.29) is 0 Å². The van der Waals surface area contributed by atoms with Gasteiger partial charge in [-0.25, -0.2) is 0 Å². The molecule has 0 aromatic rings. The third-order valence-corrected chi connectivity index (χ3v) is 5.96. The van der Waals surface area contributed by atoms with Gasteiger partial charge < -0.3 is 9.47 Å². The molecule has 2 saturated carbocycles. The second kappa shape index (κ2) is 3.48. The van der Waals surface area contributed by atoms with E-state index in [1.165, 1.54) is 38.5 Å². The summed E-state index contributed by atoms with van der Waals surface area (Å²) in [6.45, 7) is 4.65. The molecule has 4 fully saturated rings. The summed E-state index contributed by atoms with van der Waals surface area (Å²) in [4.78, 5) is 0. The van der Waals surface area contributed by atoms with Gasteiger partial charge in [0.2, 0.25) is 0 Å². The van der Waals surface area contributed by atoms with Crippen molar-refractivity contribution in [3.05, 3.63) is 0 Å². The highest BCUT2D eigenvalue weighted by Crippen LogP contribution is 2.56. The van der Waals surface area contributed by atoms with Crippen LogP contribution in [0.3, 0.4) is 0 Å². The molecule has 6 unspecified atom stereocenters. The van der Waals surface area contributed by atoms with Crippen LogP contribution in [0.25, 0.3) is 0 Å². The standard InChI is InChI=1S/C15H24O2/c1-9(2)15-6-5-11(8-14(15)17-15)10-3-4-12-13(7-10)16-12/h9-14H,3-8H2,1-2H3. The zero-order valence-corrected chi connectivity index (χ0v) is 11.0. The predicted molar refractivity (Wildman–Crippen MR) is 65.8 cm³/mol. The molecule has 2 heteroatoms. The Labute approximate surface area is 104 Å². The molecule has 0 spiro atoms.